The number of nitrogens with zero attached hydrogens (tertiary/aromatic N) is 2. The van der Waals surface area contributed by atoms with Crippen molar-refractivity contribution in [2.75, 3.05) is 17.2 Å². The Labute approximate surface area is 113 Å². The first-order valence-corrected chi connectivity index (χ1v) is 7.23. The van der Waals surface area contributed by atoms with E-state index in [-0.39, 0.29) is 23.8 Å². The van der Waals surface area contributed by atoms with Crippen molar-refractivity contribution in [3.8, 4) is 0 Å². The molecule has 1 unspecified atom stereocenters. The normalized spacial score (nSPS) is 20.1. The lowest BCUT2D eigenvalue weighted by Crippen LogP contribution is -2.27. The van der Waals surface area contributed by atoms with Gasteiger partial charge < -0.3 is 0 Å². The fourth-order valence-electron chi connectivity index (χ4n) is 1.99. The van der Waals surface area contributed by atoms with E-state index in [1.807, 2.05) is 0 Å². The van der Waals surface area contributed by atoms with Gasteiger partial charge in [0.15, 0.2) is 11.6 Å². The molecular formula is C10H9ClF2N2O3S. The van der Waals surface area contributed by atoms with Crippen LogP contribution in [0.15, 0.2) is 12.3 Å². The first-order chi connectivity index (χ1) is 8.76. The molecule has 0 bridgehead atoms. The van der Waals surface area contributed by atoms with Crippen LogP contribution in [0.3, 0.4) is 0 Å². The summed E-state index contributed by atoms with van der Waals surface area (Å²) in [4.78, 5) is 16.4. The molecule has 0 spiro atoms. The van der Waals surface area contributed by atoms with Crippen molar-refractivity contribution in [1.29, 1.82) is 0 Å². The maximum absolute atomic E-state index is 13.6. The predicted octanol–water partition coefficient (Wildman–Crippen LogP) is 1.53. The van der Waals surface area contributed by atoms with Crippen LogP contribution >= 0.6 is 11.6 Å². The molecule has 19 heavy (non-hydrogen) atoms. The lowest BCUT2D eigenvalue weighted by Gasteiger charge is -2.15. The van der Waals surface area contributed by atoms with Gasteiger partial charge in [-0.2, -0.15) is 8.42 Å². The highest BCUT2D eigenvalue weighted by Gasteiger charge is 2.35. The van der Waals surface area contributed by atoms with E-state index in [0.29, 0.717) is 0 Å². The van der Waals surface area contributed by atoms with Gasteiger partial charge in [0.05, 0.1) is 10.8 Å². The molecule has 1 aromatic heterocycles. The summed E-state index contributed by atoms with van der Waals surface area (Å²) in [5.74, 6) is -2.98. The number of carbonyl (C=O) groups excluding carboxylic acids is 1. The van der Waals surface area contributed by atoms with Crippen molar-refractivity contribution >= 4 is 33.5 Å². The Morgan fingerprint density at radius 2 is 2.21 bits per heavy atom. The maximum Gasteiger partial charge on any atom is 0.302 e. The number of anilines is 1. The average Bonchev–Trinajstić information content (AvgIpc) is 2.56. The molecule has 1 aromatic rings. The molecular weight excluding hydrogens is 302 g/mol. The molecule has 0 aromatic carbocycles. The third-order valence-electron chi connectivity index (χ3n) is 2.68. The van der Waals surface area contributed by atoms with Gasteiger partial charge in [0, 0.05) is 25.1 Å². The number of amides is 1. The van der Waals surface area contributed by atoms with E-state index < -0.39 is 33.6 Å². The van der Waals surface area contributed by atoms with Crippen LogP contribution in [0.1, 0.15) is 6.42 Å². The molecule has 2 heterocycles. The van der Waals surface area contributed by atoms with Crippen LogP contribution in [-0.4, -0.2) is 31.6 Å². The monoisotopic (exact) mass is 310 g/mol. The molecule has 0 aliphatic carbocycles. The molecule has 1 saturated heterocycles. The zero-order valence-corrected chi connectivity index (χ0v) is 11.1. The molecule has 1 fully saturated rings. The number of hydrogen-bond donors (Lipinski definition) is 0. The molecule has 1 atom stereocenters. The largest absolute Gasteiger partial charge is 0.302 e. The minimum absolute atomic E-state index is 0.0794. The van der Waals surface area contributed by atoms with E-state index in [1.54, 1.807) is 0 Å². The number of hydrogen-bond acceptors (Lipinski definition) is 4. The molecule has 0 N–H and O–H groups in total. The number of rotatable bonds is 3. The summed E-state index contributed by atoms with van der Waals surface area (Å²) in [6.45, 7) is -0.0897. The second-order valence-corrected chi connectivity index (χ2v) is 6.09. The Kier molecular flexibility index (Phi) is 3.73. The SMILES string of the molecule is O=C1CC(CS(=O)(=O)F)CN1c1ncc(Cl)cc1F. The van der Waals surface area contributed by atoms with Crippen molar-refractivity contribution in [3.05, 3.63) is 23.1 Å². The van der Waals surface area contributed by atoms with Crippen molar-refractivity contribution in [2.24, 2.45) is 5.92 Å². The van der Waals surface area contributed by atoms with Crippen LogP contribution in [0, 0.1) is 11.7 Å². The molecule has 104 valence electrons. The van der Waals surface area contributed by atoms with E-state index >= 15 is 0 Å². The number of pyridine rings is 1. The molecule has 2 rings (SSSR count). The summed E-state index contributed by atoms with van der Waals surface area (Å²) in [7, 11) is -4.67. The first kappa shape index (κ1) is 14.1. The Morgan fingerprint density at radius 3 is 2.79 bits per heavy atom. The van der Waals surface area contributed by atoms with Gasteiger partial charge in [0.1, 0.15) is 0 Å². The lowest BCUT2D eigenvalue weighted by molar-refractivity contribution is -0.117. The number of aromatic nitrogens is 1. The van der Waals surface area contributed by atoms with Gasteiger partial charge in [-0.15, -0.1) is 3.89 Å². The van der Waals surface area contributed by atoms with Crippen LogP contribution in [0.4, 0.5) is 14.1 Å². The molecule has 0 radical (unpaired) electrons. The zero-order chi connectivity index (χ0) is 14.2. The number of carbonyl (C=O) groups is 1. The fraction of sp³-hybridized carbons (Fsp3) is 0.400. The van der Waals surface area contributed by atoms with Crippen LogP contribution < -0.4 is 4.90 Å². The van der Waals surface area contributed by atoms with Gasteiger partial charge >= 0.3 is 10.2 Å². The molecule has 5 nitrogen and oxygen atoms in total. The zero-order valence-electron chi connectivity index (χ0n) is 9.51. The summed E-state index contributed by atoms with van der Waals surface area (Å²) in [6.07, 6.45) is 1.01. The minimum atomic E-state index is -4.67. The number of halogens is 3. The third kappa shape index (κ3) is 3.38. The highest BCUT2D eigenvalue weighted by molar-refractivity contribution is 7.86. The van der Waals surface area contributed by atoms with E-state index in [2.05, 4.69) is 4.98 Å². The molecule has 1 aliphatic heterocycles. The van der Waals surface area contributed by atoms with E-state index in [0.717, 1.165) is 11.0 Å². The summed E-state index contributed by atoms with van der Waals surface area (Å²) < 4.78 is 47.3. The van der Waals surface area contributed by atoms with Gasteiger partial charge in [-0.25, -0.2) is 9.37 Å². The topological polar surface area (TPSA) is 67.3 Å². The smallest absolute Gasteiger partial charge is 0.294 e. The summed E-state index contributed by atoms with van der Waals surface area (Å²) in [5, 5.41) is 0.0794. The lowest BCUT2D eigenvalue weighted by atomic mass is 10.1. The van der Waals surface area contributed by atoms with Crippen LogP contribution in [0.25, 0.3) is 0 Å². The van der Waals surface area contributed by atoms with Crippen LogP contribution in [0.5, 0.6) is 0 Å². The van der Waals surface area contributed by atoms with E-state index in [4.69, 9.17) is 11.6 Å². The van der Waals surface area contributed by atoms with E-state index in [9.17, 15) is 21.5 Å². The summed E-state index contributed by atoms with van der Waals surface area (Å²) >= 11 is 5.54. The van der Waals surface area contributed by atoms with Gasteiger partial charge in [-0.1, -0.05) is 11.6 Å². The van der Waals surface area contributed by atoms with Crippen LogP contribution in [-0.2, 0) is 15.0 Å². The Balaban J connectivity index is 2.20. The van der Waals surface area contributed by atoms with Crippen molar-refractivity contribution in [1.82, 2.24) is 4.98 Å². The minimum Gasteiger partial charge on any atom is -0.294 e. The standard InChI is InChI=1S/C10H9ClF2N2O3S/c11-7-2-8(12)10(14-3-7)15-4-6(1-9(15)16)5-19(13,17)18/h2-3,6H,1,4-5H2. The summed E-state index contributed by atoms with van der Waals surface area (Å²) in [5.41, 5.74) is 0. The Hall–Kier alpha value is -1.28. The van der Waals surface area contributed by atoms with Crippen molar-refractivity contribution < 1.29 is 21.5 Å². The van der Waals surface area contributed by atoms with Gasteiger partial charge in [-0.05, 0) is 6.07 Å². The maximum atomic E-state index is 13.6. The van der Waals surface area contributed by atoms with Crippen LogP contribution in [0.2, 0.25) is 5.02 Å². The third-order valence-corrected chi connectivity index (χ3v) is 3.76. The average molecular weight is 311 g/mol. The quantitative estimate of drug-likeness (QED) is 0.794. The molecule has 1 aliphatic rings. The highest BCUT2D eigenvalue weighted by Crippen LogP contribution is 2.27. The van der Waals surface area contributed by atoms with Crippen molar-refractivity contribution in [2.45, 2.75) is 6.42 Å². The molecule has 0 saturated carbocycles. The second-order valence-electron chi connectivity index (χ2n) is 4.24. The second kappa shape index (κ2) is 5.01. The van der Waals surface area contributed by atoms with Gasteiger partial charge in [0.25, 0.3) is 0 Å². The molecule has 1 amide bonds. The highest BCUT2D eigenvalue weighted by atomic mass is 35.5. The van der Waals surface area contributed by atoms with E-state index in [1.165, 1.54) is 6.20 Å². The van der Waals surface area contributed by atoms with Gasteiger partial charge in [0.2, 0.25) is 5.91 Å². The Bertz CT molecular complexity index is 623. The Morgan fingerprint density at radius 1 is 1.53 bits per heavy atom. The van der Waals surface area contributed by atoms with Crippen molar-refractivity contribution in [3.63, 3.8) is 0 Å². The fourth-order valence-corrected chi connectivity index (χ4v) is 2.92. The molecule has 9 heteroatoms. The first-order valence-electron chi connectivity index (χ1n) is 5.30. The summed E-state index contributed by atoms with van der Waals surface area (Å²) in [6, 6.07) is 0.996. The van der Waals surface area contributed by atoms with Gasteiger partial charge in [-0.3, -0.25) is 9.69 Å². The predicted molar refractivity (Wildman–Crippen MR) is 64.6 cm³/mol.